The molecule has 0 saturated heterocycles. The van der Waals surface area contributed by atoms with E-state index in [9.17, 15) is 9.59 Å². The molecule has 2 heterocycles. The van der Waals surface area contributed by atoms with E-state index in [2.05, 4.69) is 10.5 Å². The van der Waals surface area contributed by atoms with Crippen LogP contribution in [-0.4, -0.2) is 35.7 Å². The Hall–Kier alpha value is -4.72. The number of hydrogen-bond donors (Lipinski definition) is 1. The van der Waals surface area contributed by atoms with Gasteiger partial charge >= 0.3 is 5.97 Å². The predicted molar refractivity (Wildman–Crippen MR) is 131 cm³/mol. The van der Waals surface area contributed by atoms with Gasteiger partial charge in [-0.1, -0.05) is 41.6 Å². The number of hydrogen-bond acceptors (Lipinski definition) is 7. The predicted octanol–water partition coefficient (Wildman–Crippen LogP) is 5.16. The van der Waals surface area contributed by atoms with Crippen molar-refractivity contribution in [2.24, 2.45) is 0 Å². The monoisotopic (exact) mass is 467 g/mol. The molecule has 8 nitrogen and oxygen atoms in total. The zero-order valence-corrected chi connectivity index (χ0v) is 19.1. The van der Waals surface area contributed by atoms with Crippen LogP contribution in [0.15, 0.2) is 77.3 Å². The van der Waals surface area contributed by atoms with E-state index >= 15 is 0 Å². The zero-order chi connectivity index (χ0) is 24.4. The first-order valence-electron chi connectivity index (χ1n) is 10.9. The number of methoxy groups -OCH3 is 1. The highest BCUT2D eigenvalue weighted by molar-refractivity contribution is 6.05. The molecule has 0 fully saturated rings. The van der Waals surface area contributed by atoms with Gasteiger partial charge < -0.3 is 19.3 Å². The molecule has 0 radical (unpaired) electrons. The molecule has 174 valence electrons. The number of aromatic nitrogens is 2. The van der Waals surface area contributed by atoms with E-state index in [4.69, 9.17) is 19.0 Å². The summed E-state index contributed by atoms with van der Waals surface area (Å²) in [6.07, 6.45) is 0. The first-order valence-corrected chi connectivity index (χ1v) is 10.9. The summed E-state index contributed by atoms with van der Waals surface area (Å²) in [6.45, 7) is 1.25. The number of amides is 1. The number of nitrogens with one attached hydrogen (secondary N) is 1. The van der Waals surface area contributed by atoms with E-state index in [1.54, 1.807) is 32.2 Å². The van der Waals surface area contributed by atoms with E-state index in [1.165, 1.54) is 0 Å². The highest BCUT2D eigenvalue weighted by Crippen LogP contribution is 2.29. The summed E-state index contributed by atoms with van der Waals surface area (Å²) in [5.41, 5.74) is 2.44. The van der Waals surface area contributed by atoms with Crippen molar-refractivity contribution < 1.29 is 23.6 Å². The van der Waals surface area contributed by atoms with Gasteiger partial charge in [0.25, 0.3) is 5.91 Å². The second-order valence-electron chi connectivity index (χ2n) is 7.95. The fourth-order valence-corrected chi connectivity index (χ4v) is 3.82. The quantitative estimate of drug-likeness (QED) is 0.344. The number of fused-ring (bicyclic) bond motifs is 2. The van der Waals surface area contributed by atoms with Crippen molar-refractivity contribution in [1.82, 2.24) is 10.1 Å². The average molecular weight is 467 g/mol. The minimum absolute atomic E-state index is 0.258. The summed E-state index contributed by atoms with van der Waals surface area (Å²) in [5.74, 6) is 0.453. The van der Waals surface area contributed by atoms with E-state index in [1.807, 2.05) is 54.6 Å². The minimum atomic E-state index is -0.623. The fraction of sp³-hybridized carbons (Fsp3) is 0.111. The standard InChI is InChI=1S/C27H21N3O5/c1-16-11-25(30-35-16)29-26(31)15-34-27(32)22-14-24(28-23-6-4-3-5-21(22)23)19-8-7-18-13-20(33-2)10-9-17(18)12-19/h3-14H,15H2,1-2H3,(H,29,30,31). The van der Waals surface area contributed by atoms with Crippen LogP contribution in [0.3, 0.4) is 0 Å². The summed E-state index contributed by atoms with van der Waals surface area (Å²) in [4.78, 5) is 29.9. The van der Waals surface area contributed by atoms with Gasteiger partial charge in [0.2, 0.25) is 0 Å². The Morgan fingerprint density at radius 3 is 2.57 bits per heavy atom. The Bertz CT molecular complexity index is 1570. The number of ether oxygens (including phenoxy) is 2. The van der Waals surface area contributed by atoms with Gasteiger partial charge in [-0.2, -0.15) is 0 Å². The third-order valence-corrected chi connectivity index (χ3v) is 5.51. The van der Waals surface area contributed by atoms with Crippen molar-refractivity contribution in [3.8, 4) is 17.0 Å². The van der Waals surface area contributed by atoms with Gasteiger partial charge in [-0.05, 0) is 48.0 Å². The lowest BCUT2D eigenvalue weighted by molar-refractivity contribution is -0.119. The molecule has 0 unspecified atom stereocenters. The lowest BCUT2D eigenvalue weighted by Gasteiger charge is -2.11. The SMILES string of the molecule is COc1ccc2cc(-c3cc(C(=O)OCC(=O)Nc4cc(C)on4)c4ccccc4n3)ccc2c1. The fourth-order valence-electron chi connectivity index (χ4n) is 3.82. The molecule has 8 heteroatoms. The highest BCUT2D eigenvalue weighted by Gasteiger charge is 2.17. The van der Waals surface area contributed by atoms with E-state index < -0.39 is 18.5 Å². The first kappa shape index (κ1) is 22.1. The van der Waals surface area contributed by atoms with E-state index in [0.29, 0.717) is 27.9 Å². The van der Waals surface area contributed by atoms with Crippen molar-refractivity contribution >= 4 is 39.4 Å². The molecule has 0 aliphatic carbocycles. The smallest absolute Gasteiger partial charge is 0.339 e. The number of aryl methyl sites for hydroxylation is 1. The number of esters is 1. The largest absolute Gasteiger partial charge is 0.497 e. The van der Waals surface area contributed by atoms with Crippen LogP contribution in [0.2, 0.25) is 0 Å². The molecule has 35 heavy (non-hydrogen) atoms. The summed E-state index contributed by atoms with van der Waals surface area (Å²) in [6, 6.07) is 22.3. The van der Waals surface area contributed by atoms with Gasteiger partial charge in [0.05, 0.1) is 23.9 Å². The average Bonchev–Trinajstić information content (AvgIpc) is 3.30. The van der Waals surface area contributed by atoms with Crippen molar-refractivity contribution in [3.63, 3.8) is 0 Å². The third-order valence-electron chi connectivity index (χ3n) is 5.51. The summed E-state index contributed by atoms with van der Waals surface area (Å²) < 4.78 is 15.5. The Balaban J connectivity index is 1.43. The molecule has 5 aromatic rings. The van der Waals surface area contributed by atoms with Crippen LogP contribution in [0, 0.1) is 6.92 Å². The van der Waals surface area contributed by atoms with Gasteiger partial charge in [0.15, 0.2) is 12.4 Å². The van der Waals surface area contributed by atoms with Crippen LogP contribution in [0.1, 0.15) is 16.1 Å². The van der Waals surface area contributed by atoms with Crippen LogP contribution in [0.4, 0.5) is 5.82 Å². The van der Waals surface area contributed by atoms with Gasteiger partial charge in [-0.25, -0.2) is 9.78 Å². The van der Waals surface area contributed by atoms with Crippen LogP contribution in [0.5, 0.6) is 5.75 Å². The maximum absolute atomic E-state index is 13.0. The molecule has 1 amide bonds. The number of benzene rings is 3. The number of pyridine rings is 1. The summed E-state index contributed by atoms with van der Waals surface area (Å²) >= 11 is 0. The molecular formula is C27H21N3O5. The third kappa shape index (κ3) is 4.67. The lowest BCUT2D eigenvalue weighted by atomic mass is 10.0. The Labute approximate surface area is 200 Å². The van der Waals surface area contributed by atoms with Gasteiger partial charge in [0.1, 0.15) is 11.5 Å². The molecule has 0 aliphatic heterocycles. The Morgan fingerprint density at radius 1 is 0.971 bits per heavy atom. The first-order chi connectivity index (χ1) is 17.0. The molecular weight excluding hydrogens is 446 g/mol. The number of anilines is 1. The Morgan fingerprint density at radius 2 is 1.77 bits per heavy atom. The highest BCUT2D eigenvalue weighted by atomic mass is 16.5. The van der Waals surface area contributed by atoms with E-state index in [-0.39, 0.29) is 5.82 Å². The number of rotatable bonds is 6. The second-order valence-corrected chi connectivity index (χ2v) is 7.95. The van der Waals surface area contributed by atoms with Crippen molar-refractivity contribution in [2.45, 2.75) is 6.92 Å². The van der Waals surface area contributed by atoms with Gasteiger partial charge in [-0.3, -0.25) is 4.79 Å². The molecule has 0 aliphatic rings. The van der Waals surface area contributed by atoms with Gasteiger partial charge in [0, 0.05) is 17.0 Å². The zero-order valence-electron chi connectivity index (χ0n) is 19.1. The topological polar surface area (TPSA) is 104 Å². The normalized spacial score (nSPS) is 10.9. The number of nitrogens with zero attached hydrogens (tertiary/aromatic N) is 2. The van der Waals surface area contributed by atoms with Crippen LogP contribution < -0.4 is 10.1 Å². The van der Waals surface area contributed by atoms with Crippen LogP contribution >= 0.6 is 0 Å². The number of para-hydroxylation sites is 1. The molecule has 3 aromatic carbocycles. The molecule has 0 saturated carbocycles. The van der Waals surface area contributed by atoms with Crippen molar-refractivity contribution in [3.05, 3.63) is 84.1 Å². The summed E-state index contributed by atoms with van der Waals surface area (Å²) in [5, 5.41) is 8.91. The molecule has 0 spiro atoms. The summed E-state index contributed by atoms with van der Waals surface area (Å²) in [7, 11) is 1.63. The molecule has 5 rings (SSSR count). The van der Waals surface area contributed by atoms with Crippen molar-refractivity contribution in [2.75, 3.05) is 19.0 Å². The van der Waals surface area contributed by atoms with Crippen LogP contribution in [-0.2, 0) is 9.53 Å². The minimum Gasteiger partial charge on any atom is -0.497 e. The number of carbonyl (C=O) groups excluding carboxylic acids is 2. The van der Waals surface area contributed by atoms with Gasteiger partial charge in [-0.15, -0.1) is 0 Å². The number of carbonyl (C=O) groups is 2. The molecule has 0 bridgehead atoms. The second kappa shape index (κ2) is 9.26. The van der Waals surface area contributed by atoms with Crippen molar-refractivity contribution in [1.29, 1.82) is 0 Å². The molecule has 1 N–H and O–H groups in total. The van der Waals surface area contributed by atoms with Crippen LogP contribution in [0.25, 0.3) is 32.9 Å². The molecule has 2 aromatic heterocycles. The maximum Gasteiger partial charge on any atom is 0.339 e. The lowest BCUT2D eigenvalue weighted by Crippen LogP contribution is -2.21. The molecule has 0 atom stereocenters. The van der Waals surface area contributed by atoms with E-state index in [0.717, 1.165) is 22.1 Å². The Kier molecular flexibility index (Phi) is 5.85. The maximum atomic E-state index is 13.0.